The van der Waals surface area contributed by atoms with E-state index in [2.05, 4.69) is 19.9 Å². The number of nitrogens with two attached hydrogens (primary N) is 1. The minimum absolute atomic E-state index is 0. The Labute approximate surface area is 111 Å². The summed E-state index contributed by atoms with van der Waals surface area (Å²) in [6, 6.07) is 5.74. The fourth-order valence-corrected chi connectivity index (χ4v) is 1.84. The van der Waals surface area contributed by atoms with Crippen molar-refractivity contribution in [3.05, 3.63) is 34.9 Å². The van der Waals surface area contributed by atoms with Crippen LogP contribution in [0.5, 0.6) is 0 Å². The first-order chi connectivity index (χ1) is 7.25. The molecule has 0 aromatic heterocycles. The summed E-state index contributed by atoms with van der Waals surface area (Å²) in [7, 11) is 0. The summed E-state index contributed by atoms with van der Waals surface area (Å²) >= 11 is 0. The maximum atomic E-state index is 10.2. The summed E-state index contributed by atoms with van der Waals surface area (Å²) in [5.74, 6) is 0. The second kappa shape index (κ2) is 5.85. The molecule has 0 amide bonds. The highest BCUT2D eigenvalue weighted by Crippen LogP contribution is 2.30. The fourth-order valence-electron chi connectivity index (χ4n) is 1.84. The molecule has 3 heteroatoms. The zero-order valence-corrected chi connectivity index (χ0v) is 12.1. The van der Waals surface area contributed by atoms with Crippen molar-refractivity contribution in [2.45, 2.75) is 46.8 Å². The molecule has 3 N–H and O–H groups in total. The molecule has 0 aliphatic heterocycles. The molecule has 0 aliphatic rings. The topological polar surface area (TPSA) is 46.2 Å². The van der Waals surface area contributed by atoms with E-state index in [1.807, 2.05) is 32.9 Å². The molecule has 0 radical (unpaired) electrons. The van der Waals surface area contributed by atoms with Crippen LogP contribution in [0.15, 0.2) is 18.2 Å². The predicted octanol–water partition coefficient (Wildman–Crippen LogP) is 3.13. The summed E-state index contributed by atoms with van der Waals surface area (Å²) in [4.78, 5) is 0. The standard InChI is InChI=1S/C14H23NO.ClH/c1-9-7-6-8-11(10(9)2)12(15)13(16)14(3,4)5;/h6-8,12-13,16H,15H2,1-5H3;1H/t12-,13-;/m1./s1. The van der Waals surface area contributed by atoms with Crippen LogP contribution in [-0.2, 0) is 0 Å². The lowest BCUT2D eigenvalue weighted by molar-refractivity contribution is 0.0399. The first-order valence-corrected chi connectivity index (χ1v) is 5.75. The molecule has 0 bridgehead atoms. The smallest absolute Gasteiger partial charge is 0.0781 e. The average Bonchev–Trinajstić information content (AvgIpc) is 2.18. The maximum Gasteiger partial charge on any atom is 0.0781 e. The van der Waals surface area contributed by atoms with Gasteiger partial charge in [-0.05, 0) is 36.0 Å². The largest absolute Gasteiger partial charge is 0.391 e. The van der Waals surface area contributed by atoms with Crippen LogP contribution < -0.4 is 5.73 Å². The van der Waals surface area contributed by atoms with E-state index < -0.39 is 6.10 Å². The highest BCUT2D eigenvalue weighted by atomic mass is 35.5. The van der Waals surface area contributed by atoms with Crippen molar-refractivity contribution >= 4 is 12.4 Å². The van der Waals surface area contributed by atoms with E-state index in [-0.39, 0.29) is 23.9 Å². The molecular formula is C14H24ClNO. The molecule has 0 fully saturated rings. The lowest BCUT2D eigenvalue weighted by atomic mass is 9.81. The molecule has 0 saturated heterocycles. The number of hydrogen-bond acceptors (Lipinski definition) is 2. The number of rotatable bonds is 2. The molecule has 98 valence electrons. The van der Waals surface area contributed by atoms with E-state index in [9.17, 15) is 5.11 Å². The summed E-state index contributed by atoms with van der Waals surface area (Å²) in [5, 5.41) is 10.2. The molecule has 0 saturated carbocycles. The Morgan fingerprint density at radius 3 is 2.18 bits per heavy atom. The maximum absolute atomic E-state index is 10.2. The van der Waals surface area contributed by atoms with Gasteiger partial charge < -0.3 is 10.8 Å². The van der Waals surface area contributed by atoms with Crippen molar-refractivity contribution in [1.29, 1.82) is 0 Å². The van der Waals surface area contributed by atoms with Crippen molar-refractivity contribution in [2.75, 3.05) is 0 Å². The quantitative estimate of drug-likeness (QED) is 0.855. The molecule has 2 atom stereocenters. The molecule has 0 heterocycles. The second-order valence-corrected chi connectivity index (χ2v) is 5.63. The van der Waals surface area contributed by atoms with Crippen molar-refractivity contribution in [3.8, 4) is 0 Å². The number of benzene rings is 1. The van der Waals surface area contributed by atoms with Crippen LogP contribution in [0.2, 0.25) is 0 Å². The van der Waals surface area contributed by atoms with E-state index in [1.54, 1.807) is 0 Å². The van der Waals surface area contributed by atoms with Crippen molar-refractivity contribution < 1.29 is 5.11 Å². The summed E-state index contributed by atoms with van der Waals surface area (Å²) < 4.78 is 0. The van der Waals surface area contributed by atoms with Gasteiger partial charge in [0.1, 0.15) is 0 Å². The molecule has 2 nitrogen and oxygen atoms in total. The van der Waals surface area contributed by atoms with Crippen LogP contribution in [0.1, 0.15) is 43.5 Å². The minimum atomic E-state index is -0.534. The van der Waals surface area contributed by atoms with Gasteiger partial charge in [-0.25, -0.2) is 0 Å². The van der Waals surface area contributed by atoms with Gasteiger partial charge in [0.05, 0.1) is 12.1 Å². The van der Waals surface area contributed by atoms with Crippen LogP contribution in [0.25, 0.3) is 0 Å². The van der Waals surface area contributed by atoms with Crippen LogP contribution in [-0.4, -0.2) is 11.2 Å². The van der Waals surface area contributed by atoms with Crippen LogP contribution in [0.4, 0.5) is 0 Å². The van der Waals surface area contributed by atoms with Gasteiger partial charge in [-0.1, -0.05) is 39.0 Å². The number of aliphatic hydroxyl groups excluding tert-OH is 1. The zero-order valence-electron chi connectivity index (χ0n) is 11.3. The Balaban J connectivity index is 0.00000256. The van der Waals surface area contributed by atoms with Crippen molar-refractivity contribution in [3.63, 3.8) is 0 Å². The molecule has 17 heavy (non-hydrogen) atoms. The van der Waals surface area contributed by atoms with Gasteiger partial charge in [0, 0.05) is 0 Å². The minimum Gasteiger partial charge on any atom is -0.391 e. The summed E-state index contributed by atoms with van der Waals surface area (Å²) in [5.41, 5.74) is 9.39. The molecule has 0 aliphatic carbocycles. The van der Waals surface area contributed by atoms with Crippen LogP contribution in [0.3, 0.4) is 0 Å². The molecule has 1 aromatic rings. The lowest BCUT2D eigenvalue weighted by Crippen LogP contribution is -2.37. The van der Waals surface area contributed by atoms with Gasteiger partial charge in [-0.3, -0.25) is 0 Å². The van der Waals surface area contributed by atoms with Crippen molar-refractivity contribution in [2.24, 2.45) is 11.1 Å². The average molecular weight is 258 g/mol. The van der Waals surface area contributed by atoms with Gasteiger partial charge in [0.2, 0.25) is 0 Å². The highest BCUT2D eigenvalue weighted by Gasteiger charge is 2.29. The third kappa shape index (κ3) is 3.70. The molecule has 1 rings (SSSR count). The first-order valence-electron chi connectivity index (χ1n) is 5.75. The Kier molecular flexibility index (Phi) is 5.66. The monoisotopic (exact) mass is 257 g/mol. The number of halogens is 1. The number of aryl methyl sites for hydroxylation is 1. The Bertz CT molecular complexity index is 371. The molecule has 0 unspecified atom stereocenters. The number of hydrogen-bond donors (Lipinski definition) is 2. The lowest BCUT2D eigenvalue weighted by Gasteiger charge is -2.32. The Morgan fingerprint density at radius 1 is 1.18 bits per heavy atom. The van der Waals surface area contributed by atoms with Gasteiger partial charge >= 0.3 is 0 Å². The SMILES string of the molecule is Cc1cccc([C@@H](N)[C@@H](O)C(C)(C)C)c1C.Cl. The van der Waals surface area contributed by atoms with E-state index >= 15 is 0 Å². The summed E-state index contributed by atoms with van der Waals surface area (Å²) in [6.45, 7) is 10.1. The first kappa shape index (κ1) is 16.4. The third-order valence-electron chi connectivity index (χ3n) is 3.23. The van der Waals surface area contributed by atoms with Gasteiger partial charge in [0.15, 0.2) is 0 Å². The highest BCUT2D eigenvalue weighted by molar-refractivity contribution is 5.85. The Hall–Kier alpha value is -0.570. The van der Waals surface area contributed by atoms with Gasteiger partial charge in [-0.15, -0.1) is 12.4 Å². The third-order valence-corrected chi connectivity index (χ3v) is 3.23. The fraction of sp³-hybridized carbons (Fsp3) is 0.571. The number of aliphatic hydroxyl groups is 1. The van der Waals surface area contributed by atoms with E-state index in [4.69, 9.17) is 5.73 Å². The molecular weight excluding hydrogens is 234 g/mol. The zero-order chi connectivity index (χ0) is 12.5. The summed E-state index contributed by atoms with van der Waals surface area (Å²) in [6.07, 6.45) is -0.534. The van der Waals surface area contributed by atoms with Gasteiger partial charge in [-0.2, -0.15) is 0 Å². The van der Waals surface area contributed by atoms with E-state index in [0.29, 0.717) is 0 Å². The molecule has 0 spiro atoms. The van der Waals surface area contributed by atoms with Crippen molar-refractivity contribution in [1.82, 2.24) is 0 Å². The normalized spacial score (nSPS) is 15.0. The Morgan fingerprint density at radius 2 is 1.71 bits per heavy atom. The van der Waals surface area contributed by atoms with Crippen LogP contribution >= 0.6 is 12.4 Å². The van der Waals surface area contributed by atoms with Gasteiger partial charge in [0.25, 0.3) is 0 Å². The van der Waals surface area contributed by atoms with E-state index in [0.717, 1.165) is 5.56 Å². The predicted molar refractivity (Wildman–Crippen MR) is 75.6 cm³/mol. The molecule has 1 aromatic carbocycles. The van der Waals surface area contributed by atoms with E-state index in [1.165, 1.54) is 11.1 Å². The van der Waals surface area contributed by atoms with Crippen LogP contribution in [0, 0.1) is 19.3 Å². The second-order valence-electron chi connectivity index (χ2n) is 5.63.